The van der Waals surface area contributed by atoms with Gasteiger partial charge in [-0.3, -0.25) is 10.1 Å². The van der Waals surface area contributed by atoms with Gasteiger partial charge >= 0.3 is 0 Å². The van der Waals surface area contributed by atoms with Crippen LogP contribution in [0.4, 0.5) is 5.69 Å². The summed E-state index contributed by atoms with van der Waals surface area (Å²) in [5.41, 5.74) is 0.181. The molecule has 7 heteroatoms. The van der Waals surface area contributed by atoms with Crippen molar-refractivity contribution in [3.8, 4) is 11.5 Å². The standard InChI is InChI=1S/C15H14ClNO5/c1-21-13-7-10(12(17(19)20)8-14(13)22-2)15(18)9-5-3-4-6-11(9)16/h3-8,15,18H,1-2H3/t15-/m1/s1. The number of rotatable bonds is 5. The molecule has 0 amide bonds. The Morgan fingerprint density at radius 2 is 1.73 bits per heavy atom. The smallest absolute Gasteiger partial charge is 0.279 e. The van der Waals surface area contributed by atoms with Crippen LogP contribution in [0, 0.1) is 10.1 Å². The number of methoxy groups -OCH3 is 2. The molecule has 0 heterocycles. The van der Waals surface area contributed by atoms with Crippen molar-refractivity contribution in [2.45, 2.75) is 6.10 Å². The molecule has 0 unspecified atom stereocenters. The number of ether oxygens (including phenoxy) is 2. The number of aliphatic hydroxyl groups is 1. The predicted molar refractivity (Wildman–Crippen MR) is 81.7 cm³/mol. The minimum Gasteiger partial charge on any atom is -0.493 e. The quantitative estimate of drug-likeness (QED) is 0.674. The lowest BCUT2D eigenvalue weighted by molar-refractivity contribution is -0.386. The maximum Gasteiger partial charge on any atom is 0.279 e. The van der Waals surface area contributed by atoms with Crippen LogP contribution in [-0.2, 0) is 0 Å². The van der Waals surface area contributed by atoms with Gasteiger partial charge in [-0.2, -0.15) is 0 Å². The Balaban J connectivity index is 2.62. The minimum absolute atomic E-state index is 0.0794. The molecule has 0 aliphatic heterocycles. The molecule has 2 aromatic rings. The Bertz CT molecular complexity index is 704. The Morgan fingerprint density at radius 1 is 1.14 bits per heavy atom. The molecule has 0 saturated carbocycles. The fourth-order valence-electron chi connectivity index (χ4n) is 2.13. The molecule has 1 atom stereocenters. The molecule has 116 valence electrons. The molecule has 2 rings (SSSR count). The lowest BCUT2D eigenvalue weighted by Gasteiger charge is -2.16. The molecule has 1 N–H and O–H groups in total. The number of nitrogens with zero attached hydrogens (tertiary/aromatic N) is 1. The van der Waals surface area contributed by atoms with Gasteiger partial charge in [-0.05, 0) is 12.1 Å². The molecule has 0 saturated heterocycles. The molecule has 22 heavy (non-hydrogen) atoms. The van der Waals surface area contributed by atoms with Crippen LogP contribution in [0.3, 0.4) is 0 Å². The van der Waals surface area contributed by atoms with E-state index >= 15 is 0 Å². The van der Waals surface area contributed by atoms with Crippen molar-refractivity contribution in [2.24, 2.45) is 0 Å². The molecule has 6 nitrogen and oxygen atoms in total. The lowest BCUT2D eigenvalue weighted by atomic mass is 9.99. The number of halogens is 1. The van der Waals surface area contributed by atoms with Gasteiger partial charge in [-0.1, -0.05) is 29.8 Å². The SMILES string of the molecule is COc1cc([C@H](O)c2ccccc2Cl)c([N+](=O)[O-])cc1OC. The fourth-order valence-corrected chi connectivity index (χ4v) is 2.36. The van der Waals surface area contributed by atoms with Gasteiger partial charge in [-0.15, -0.1) is 0 Å². The van der Waals surface area contributed by atoms with E-state index in [1.54, 1.807) is 24.3 Å². The van der Waals surface area contributed by atoms with Crippen LogP contribution in [0.2, 0.25) is 5.02 Å². The number of hydrogen-bond donors (Lipinski definition) is 1. The van der Waals surface area contributed by atoms with Gasteiger partial charge in [0.15, 0.2) is 11.5 Å². The van der Waals surface area contributed by atoms with Gasteiger partial charge in [0.1, 0.15) is 6.10 Å². The monoisotopic (exact) mass is 323 g/mol. The van der Waals surface area contributed by atoms with E-state index in [1.807, 2.05) is 0 Å². The van der Waals surface area contributed by atoms with Crippen molar-refractivity contribution < 1.29 is 19.5 Å². The van der Waals surface area contributed by atoms with Crippen LogP contribution >= 0.6 is 11.6 Å². The van der Waals surface area contributed by atoms with Crippen molar-refractivity contribution in [1.29, 1.82) is 0 Å². The van der Waals surface area contributed by atoms with Gasteiger partial charge in [-0.25, -0.2) is 0 Å². The first-order valence-corrected chi connectivity index (χ1v) is 6.70. The molecule has 2 aromatic carbocycles. The summed E-state index contributed by atoms with van der Waals surface area (Å²) in [4.78, 5) is 10.7. The summed E-state index contributed by atoms with van der Waals surface area (Å²) < 4.78 is 10.2. The van der Waals surface area contributed by atoms with Gasteiger partial charge in [0.05, 0.1) is 30.8 Å². The van der Waals surface area contributed by atoms with E-state index in [1.165, 1.54) is 26.4 Å². The molecule has 0 bridgehead atoms. The number of aliphatic hydroxyl groups excluding tert-OH is 1. The normalized spacial score (nSPS) is 11.8. The molecule has 0 spiro atoms. The summed E-state index contributed by atoms with van der Waals surface area (Å²) >= 11 is 6.05. The van der Waals surface area contributed by atoms with Crippen molar-refractivity contribution in [2.75, 3.05) is 14.2 Å². The minimum atomic E-state index is -1.26. The van der Waals surface area contributed by atoms with Crippen molar-refractivity contribution in [1.82, 2.24) is 0 Å². The second kappa shape index (κ2) is 6.64. The summed E-state index contributed by atoms with van der Waals surface area (Å²) in [6.07, 6.45) is -1.26. The number of nitro benzene ring substituents is 1. The average molecular weight is 324 g/mol. The van der Waals surface area contributed by atoms with Crippen molar-refractivity contribution >= 4 is 17.3 Å². The third kappa shape index (κ3) is 2.98. The summed E-state index contributed by atoms with van der Waals surface area (Å²) in [6, 6.07) is 9.21. The average Bonchev–Trinajstić information content (AvgIpc) is 2.53. The fraction of sp³-hybridized carbons (Fsp3) is 0.200. The first kappa shape index (κ1) is 16.1. The largest absolute Gasteiger partial charge is 0.493 e. The van der Waals surface area contributed by atoms with E-state index in [4.69, 9.17) is 21.1 Å². The Kier molecular flexibility index (Phi) is 4.85. The zero-order valence-electron chi connectivity index (χ0n) is 11.9. The van der Waals surface area contributed by atoms with Crippen molar-refractivity contribution in [3.63, 3.8) is 0 Å². The van der Waals surface area contributed by atoms with E-state index < -0.39 is 11.0 Å². The first-order valence-electron chi connectivity index (χ1n) is 6.32. The van der Waals surface area contributed by atoms with Crippen LogP contribution in [0.5, 0.6) is 11.5 Å². The topological polar surface area (TPSA) is 81.8 Å². The Hall–Kier alpha value is -2.31. The van der Waals surface area contributed by atoms with Gasteiger partial charge in [0, 0.05) is 10.6 Å². The van der Waals surface area contributed by atoms with E-state index in [0.29, 0.717) is 10.6 Å². The molecule has 0 aromatic heterocycles. The van der Waals surface area contributed by atoms with Crippen LogP contribution < -0.4 is 9.47 Å². The highest BCUT2D eigenvalue weighted by molar-refractivity contribution is 6.31. The molecular weight excluding hydrogens is 310 g/mol. The van der Waals surface area contributed by atoms with Gasteiger partial charge in [0.25, 0.3) is 5.69 Å². The first-order chi connectivity index (χ1) is 10.5. The maximum absolute atomic E-state index is 11.3. The summed E-state index contributed by atoms with van der Waals surface area (Å²) in [6.45, 7) is 0. The second-order valence-corrected chi connectivity index (χ2v) is 4.85. The summed E-state index contributed by atoms with van der Waals surface area (Å²) in [7, 11) is 2.79. The van der Waals surface area contributed by atoms with Crippen molar-refractivity contribution in [3.05, 3.63) is 62.7 Å². The maximum atomic E-state index is 11.3. The zero-order chi connectivity index (χ0) is 16.3. The zero-order valence-corrected chi connectivity index (χ0v) is 12.7. The highest BCUT2D eigenvalue weighted by Crippen LogP contribution is 2.40. The number of hydrogen-bond acceptors (Lipinski definition) is 5. The third-order valence-electron chi connectivity index (χ3n) is 3.22. The number of nitro groups is 1. The van der Waals surface area contributed by atoms with Gasteiger partial charge < -0.3 is 14.6 Å². The summed E-state index contributed by atoms with van der Waals surface area (Å²) in [5, 5.41) is 22.1. The highest BCUT2D eigenvalue weighted by atomic mass is 35.5. The summed E-state index contributed by atoms with van der Waals surface area (Å²) in [5.74, 6) is 0.499. The number of benzene rings is 2. The lowest BCUT2D eigenvalue weighted by Crippen LogP contribution is -2.06. The van der Waals surface area contributed by atoms with E-state index in [-0.39, 0.29) is 22.7 Å². The van der Waals surface area contributed by atoms with E-state index in [0.717, 1.165) is 0 Å². The Morgan fingerprint density at radius 3 is 2.27 bits per heavy atom. The van der Waals surface area contributed by atoms with E-state index in [2.05, 4.69) is 0 Å². The predicted octanol–water partition coefficient (Wildman–Crippen LogP) is 3.35. The van der Waals surface area contributed by atoms with Crippen LogP contribution in [-0.4, -0.2) is 24.2 Å². The second-order valence-electron chi connectivity index (χ2n) is 4.45. The third-order valence-corrected chi connectivity index (χ3v) is 3.57. The molecular formula is C15H14ClNO5. The molecule has 0 fully saturated rings. The van der Waals surface area contributed by atoms with Gasteiger partial charge in [0.2, 0.25) is 0 Å². The molecule has 0 radical (unpaired) electrons. The molecule has 0 aliphatic carbocycles. The molecule has 0 aliphatic rings. The van der Waals surface area contributed by atoms with Crippen LogP contribution in [0.25, 0.3) is 0 Å². The Labute approximate surface area is 132 Å². The highest BCUT2D eigenvalue weighted by Gasteiger charge is 2.26. The van der Waals surface area contributed by atoms with Crippen LogP contribution in [0.15, 0.2) is 36.4 Å². The van der Waals surface area contributed by atoms with E-state index in [9.17, 15) is 15.2 Å². The van der Waals surface area contributed by atoms with Crippen LogP contribution in [0.1, 0.15) is 17.2 Å².